The molecule has 1 aliphatic carbocycles. The molecule has 1 saturated heterocycles. The van der Waals surface area contributed by atoms with Crippen LogP contribution in [0.1, 0.15) is 31.4 Å². The summed E-state index contributed by atoms with van der Waals surface area (Å²) in [6.07, 6.45) is 7.54. The number of amides is 1. The molecule has 0 radical (unpaired) electrons. The molecular formula is C27H26N8O. The predicted molar refractivity (Wildman–Crippen MR) is 135 cm³/mol. The second-order valence-corrected chi connectivity index (χ2v) is 9.41. The summed E-state index contributed by atoms with van der Waals surface area (Å²) in [5.74, 6) is 2.23. The summed E-state index contributed by atoms with van der Waals surface area (Å²) < 4.78 is 1.87. The standard InChI is InChI=1S/C27H26N8O/c28-13-11-21-16-30-25(23-10-9-18-4-1-2-6-22(18)32-23)35(21)24-12-14-29-27(33-24)31-20-5-3-15-34(17-20)26(36)19-7-8-19/h1-2,4,6,9-10,12,14,16,19-20H,3,5,7-8,11,15,17H2,(H,29,31,33). The fourth-order valence-electron chi connectivity index (χ4n) is 4.83. The molecule has 9 heteroatoms. The normalized spacial score (nSPS) is 17.6. The number of nitriles is 1. The van der Waals surface area contributed by atoms with Gasteiger partial charge in [0.15, 0.2) is 5.82 Å². The Morgan fingerprint density at radius 3 is 2.83 bits per heavy atom. The van der Waals surface area contributed by atoms with E-state index in [9.17, 15) is 10.1 Å². The highest BCUT2D eigenvalue weighted by atomic mass is 16.2. The van der Waals surface area contributed by atoms with Gasteiger partial charge in [-0.2, -0.15) is 10.2 Å². The van der Waals surface area contributed by atoms with Crippen molar-refractivity contribution in [3.63, 3.8) is 0 Å². The van der Waals surface area contributed by atoms with Gasteiger partial charge in [-0.05, 0) is 43.9 Å². The molecule has 1 unspecified atom stereocenters. The van der Waals surface area contributed by atoms with Crippen molar-refractivity contribution in [2.45, 2.75) is 38.1 Å². The molecule has 4 aromatic rings. The number of hydrogen-bond donors (Lipinski definition) is 1. The number of nitrogens with one attached hydrogen (secondary N) is 1. The molecule has 2 fully saturated rings. The van der Waals surface area contributed by atoms with Gasteiger partial charge in [-0.25, -0.2) is 15.0 Å². The van der Waals surface area contributed by atoms with Gasteiger partial charge in [0.2, 0.25) is 11.9 Å². The maximum Gasteiger partial charge on any atom is 0.225 e. The first kappa shape index (κ1) is 22.2. The van der Waals surface area contributed by atoms with Gasteiger partial charge in [-0.3, -0.25) is 9.36 Å². The molecule has 6 rings (SSSR count). The lowest BCUT2D eigenvalue weighted by molar-refractivity contribution is -0.133. The Kier molecular flexibility index (Phi) is 5.77. The molecule has 1 N–H and O–H groups in total. The van der Waals surface area contributed by atoms with Crippen molar-refractivity contribution in [1.29, 1.82) is 5.26 Å². The van der Waals surface area contributed by atoms with Gasteiger partial charge in [-0.1, -0.05) is 24.3 Å². The number of anilines is 1. The molecule has 4 heterocycles. The molecule has 1 atom stereocenters. The molecule has 1 saturated carbocycles. The molecule has 1 aromatic carbocycles. The van der Waals surface area contributed by atoms with Crippen LogP contribution in [0.3, 0.4) is 0 Å². The lowest BCUT2D eigenvalue weighted by Gasteiger charge is -2.33. The average Bonchev–Trinajstić information content (AvgIpc) is 3.68. The lowest BCUT2D eigenvalue weighted by atomic mass is 10.1. The van der Waals surface area contributed by atoms with Crippen molar-refractivity contribution in [2.24, 2.45) is 5.92 Å². The molecular weight excluding hydrogens is 452 g/mol. The smallest absolute Gasteiger partial charge is 0.225 e. The van der Waals surface area contributed by atoms with Crippen LogP contribution < -0.4 is 5.32 Å². The molecule has 0 bridgehead atoms. The number of hydrogen-bond acceptors (Lipinski definition) is 7. The van der Waals surface area contributed by atoms with Gasteiger partial charge >= 0.3 is 0 Å². The van der Waals surface area contributed by atoms with E-state index >= 15 is 0 Å². The minimum absolute atomic E-state index is 0.0969. The Hall–Kier alpha value is -4.32. The number of fused-ring (bicyclic) bond motifs is 1. The van der Waals surface area contributed by atoms with Crippen molar-refractivity contribution < 1.29 is 4.79 Å². The van der Waals surface area contributed by atoms with E-state index in [1.165, 1.54) is 0 Å². The largest absolute Gasteiger partial charge is 0.350 e. The van der Waals surface area contributed by atoms with Gasteiger partial charge in [0.1, 0.15) is 11.5 Å². The van der Waals surface area contributed by atoms with E-state index in [1.807, 2.05) is 51.9 Å². The van der Waals surface area contributed by atoms with Crippen LogP contribution in [0.2, 0.25) is 0 Å². The number of benzene rings is 1. The number of pyridine rings is 1. The summed E-state index contributed by atoms with van der Waals surface area (Å²) >= 11 is 0. The van der Waals surface area contributed by atoms with Gasteiger partial charge in [0, 0.05) is 36.6 Å². The van der Waals surface area contributed by atoms with E-state index in [1.54, 1.807) is 12.4 Å². The zero-order valence-electron chi connectivity index (χ0n) is 19.8. The van der Waals surface area contributed by atoms with Crippen LogP contribution in [-0.4, -0.2) is 54.4 Å². The molecule has 3 aromatic heterocycles. The van der Waals surface area contributed by atoms with Crippen LogP contribution in [0.5, 0.6) is 0 Å². The van der Waals surface area contributed by atoms with Crippen LogP contribution in [0, 0.1) is 17.2 Å². The Labute approximate surface area is 208 Å². The summed E-state index contributed by atoms with van der Waals surface area (Å²) in [7, 11) is 0. The van der Waals surface area contributed by atoms with Crippen molar-refractivity contribution in [2.75, 3.05) is 18.4 Å². The third kappa shape index (κ3) is 4.38. The van der Waals surface area contributed by atoms with Crippen LogP contribution in [0.4, 0.5) is 5.95 Å². The number of piperidine rings is 1. The van der Waals surface area contributed by atoms with E-state index in [0.29, 0.717) is 29.8 Å². The maximum atomic E-state index is 12.5. The fraction of sp³-hybridized carbons (Fsp3) is 0.333. The number of likely N-dealkylation sites (tertiary alicyclic amines) is 1. The van der Waals surface area contributed by atoms with Gasteiger partial charge in [0.05, 0.1) is 29.9 Å². The Morgan fingerprint density at radius 2 is 1.97 bits per heavy atom. The average molecular weight is 479 g/mol. The third-order valence-corrected chi connectivity index (χ3v) is 6.79. The summed E-state index contributed by atoms with van der Waals surface area (Å²) in [5.41, 5.74) is 2.30. The van der Waals surface area contributed by atoms with Crippen LogP contribution >= 0.6 is 0 Å². The van der Waals surface area contributed by atoms with Crippen LogP contribution in [0.15, 0.2) is 54.9 Å². The highest BCUT2D eigenvalue weighted by molar-refractivity contribution is 5.81. The van der Waals surface area contributed by atoms with E-state index in [2.05, 4.69) is 21.4 Å². The zero-order chi connectivity index (χ0) is 24.5. The molecule has 9 nitrogen and oxygen atoms in total. The number of carbonyl (C=O) groups excluding carboxylic acids is 1. The summed E-state index contributed by atoms with van der Waals surface area (Å²) in [6, 6.07) is 16.0. The first-order valence-electron chi connectivity index (χ1n) is 12.4. The zero-order valence-corrected chi connectivity index (χ0v) is 19.8. The monoisotopic (exact) mass is 478 g/mol. The number of para-hydroxylation sites is 1. The molecule has 0 spiro atoms. The minimum Gasteiger partial charge on any atom is -0.350 e. The topological polar surface area (TPSA) is 113 Å². The summed E-state index contributed by atoms with van der Waals surface area (Å²) in [6.45, 7) is 1.49. The Balaban J connectivity index is 1.30. The van der Waals surface area contributed by atoms with Crippen molar-refractivity contribution >= 4 is 22.8 Å². The van der Waals surface area contributed by atoms with E-state index in [4.69, 9.17) is 9.97 Å². The van der Waals surface area contributed by atoms with E-state index < -0.39 is 0 Å². The van der Waals surface area contributed by atoms with Gasteiger partial charge < -0.3 is 10.2 Å². The highest BCUT2D eigenvalue weighted by Crippen LogP contribution is 2.32. The molecule has 180 valence electrons. The summed E-state index contributed by atoms with van der Waals surface area (Å²) in [5, 5.41) is 13.9. The van der Waals surface area contributed by atoms with Gasteiger partial charge in [-0.15, -0.1) is 0 Å². The maximum absolute atomic E-state index is 12.5. The summed E-state index contributed by atoms with van der Waals surface area (Å²) in [4.78, 5) is 33.2. The third-order valence-electron chi connectivity index (χ3n) is 6.79. The van der Waals surface area contributed by atoms with E-state index in [0.717, 1.165) is 48.8 Å². The SMILES string of the molecule is N#CCc1cnc(-c2ccc3ccccc3n2)n1-c1ccnc(NC2CCCN(C(=O)C3CC3)C2)n1. The molecule has 36 heavy (non-hydrogen) atoms. The molecule has 1 amide bonds. The Bertz CT molecular complexity index is 1470. The second kappa shape index (κ2) is 9.38. The predicted octanol–water partition coefficient (Wildman–Crippen LogP) is 3.76. The molecule has 1 aliphatic heterocycles. The number of nitrogens with zero attached hydrogens (tertiary/aromatic N) is 7. The fourth-order valence-corrected chi connectivity index (χ4v) is 4.83. The highest BCUT2D eigenvalue weighted by Gasteiger charge is 2.35. The van der Waals surface area contributed by atoms with Crippen molar-refractivity contribution in [3.8, 4) is 23.4 Å². The van der Waals surface area contributed by atoms with Crippen LogP contribution in [-0.2, 0) is 11.2 Å². The van der Waals surface area contributed by atoms with Crippen LogP contribution in [0.25, 0.3) is 28.2 Å². The van der Waals surface area contributed by atoms with Crippen molar-refractivity contribution in [1.82, 2.24) is 29.4 Å². The second-order valence-electron chi connectivity index (χ2n) is 9.41. The van der Waals surface area contributed by atoms with Crippen molar-refractivity contribution in [3.05, 3.63) is 60.6 Å². The quantitative estimate of drug-likeness (QED) is 0.449. The first-order chi connectivity index (χ1) is 17.7. The Morgan fingerprint density at radius 1 is 1.08 bits per heavy atom. The number of carbonyl (C=O) groups is 1. The van der Waals surface area contributed by atoms with E-state index in [-0.39, 0.29) is 24.3 Å². The number of imidazole rings is 1. The number of aromatic nitrogens is 5. The lowest BCUT2D eigenvalue weighted by Crippen LogP contribution is -2.45. The van der Waals surface area contributed by atoms with Gasteiger partial charge in [0.25, 0.3) is 0 Å². The number of rotatable bonds is 6. The minimum atomic E-state index is 0.0969. The first-order valence-corrected chi connectivity index (χ1v) is 12.4. The molecule has 2 aliphatic rings.